The third kappa shape index (κ3) is 3.95. The second-order valence-electron chi connectivity index (χ2n) is 18.7. The summed E-state index contributed by atoms with van der Waals surface area (Å²) in [5.41, 5.74) is 13.1. The first kappa shape index (κ1) is 33.2. The van der Waals surface area contributed by atoms with E-state index in [4.69, 9.17) is 4.42 Å². The molecule has 0 N–H and O–H groups in total. The summed E-state index contributed by atoms with van der Waals surface area (Å²) in [4.78, 5) is 2.59. The van der Waals surface area contributed by atoms with E-state index < -0.39 is 0 Å². The fourth-order valence-electron chi connectivity index (χ4n) is 12.0. The van der Waals surface area contributed by atoms with Crippen LogP contribution in [0.25, 0.3) is 109 Å². The van der Waals surface area contributed by atoms with E-state index in [1.165, 1.54) is 114 Å². The summed E-state index contributed by atoms with van der Waals surface area (Å²) in [6, 6.07) is 64.0. The van der Waals surface area contributed by atoms with Gasteiger partial charge in [0, 0.05) is 49.2 Å². The van der Waals surface area contributed by atoms with E-state index in [-0.39, 0.29) is 12.3 Å². The first-order chi connectivity index (χ1) is 30.4. The summed E-state index contributed by atoms with van der Waals surface area (Å²) in [5.74, 6) is 0. The highest BCUT2D eigenvalue weighted by Gasteiger charge is 2.48. The number of fused-ring (bicyclic) bond motifs is 17. The van der Waals surface area contributed by atoms with Crippen molar-refractivity contribution >= 4 is 132 Å². The topological polar surface area (TPSA) is 21.3 Å². The third-order valence-corrected chi connectivity index (χ3v) is 14.6. The maximum Gasteiger partial charge on any atom is 0.376 e. The van der Waals surface area contributed by atoms with E-state index in [9.17, 15) is 0 Å². The van der Waals surface area contributed by atoms with Crippen LogP contribution in [0.1, 0.15) is 26.3 Å². The average Bonchev–Trinajstić information content (AvgIpc) is 3.86. The minimum Gasteiger partial charge on any atom is -0.466 e. The zero-order chi connectivity index (χ0) is 40.7. The number of benzene rings is 11. The Morgan fingerprint density at radius 1 is 0.468 bits per heavy atom. The quantitative estimate of drug-likeness (QED) is 0.122. The Balaban J connectivity index is 1.17. The number of rotatable bonds is 1. The van der Waals surface area contributed by atoms with Gasteiger partial charge in [0.05, 0.1) is 11.4 Å². The van der Waals surface area contributed by atoms with Crippen LogP contribution in [0.4, 0.5) is 17.1 Å². The molecular weight excluding hydrogens is 751 g/mol. The van der Waals surface area contributed by atoms with E-state index >= 15 is 0 Å². The van der Waals surface area contributed by atoms with Gasteiger partial charge in [-0.05, 0) is 106 Å². The van der Waals surface area contributed by atoms with Crippen molar-refractivity contribution in [3.63, 3.8) is 0 Å². The van der Waals surface area contributed by atoms with Gasteiger partial charge < -0.3 is 13.8 Å². The zero-order valence-corrected chi connectivity index (χ0v) is 34.5. The van der Waals surface area contributed by atoms with E-state index in [0.29, 0.717) is 0 Å². The van der Waals surface area contributed by atoms with E-state index in [2.05, 4.69) is 200 Å². The first-order valence-corrected chi connectivity index (χ1v) is 21.9. The highest BCUT2D eigenvalue weighted by Crippen LogP contribution is 2.54. The van der Waals surface area contributed by atoms with Gasteiger partial charge in [0.25, 0.3) is 0 Å². The smallest absolute Gasteiger partial charge is 0.376 e. The van der Waals surface area contributed by atoms with Crippen molar-refractivity contribution in [1.29, 1.82) is 0 Å². The largest absolute Gasteiger partial charge is 0.466 e. The predicted octanol–water partition coefficient (Wildman–Crippen LogP) is 14.6. The van der Waals surface area contributed by atoms with Crippen molar-refractivity contribution in [3.8, 4) is 11.1 Å². The second kappa shape index (κ2) is 11.2. The summed E-state index contributed by atoms with van der Waals surface area (Å²) < 4.78 is 9.91. The number of furan rings is 1. The molecule has 0 atom stereocenters. The lowest BCUT2D eigenvalue weighted by molar-refractivity contribution is 0.591. The molecule has 288 valence electrons. The number of hydrogen-bond acceptors (Lipinski definition) is 2. The second-order valence-corrected chi connectivity index (χ2v) is 18.7. The molecule has 0 saturated carbocycles. The molecule has 62 heavy (non-hydrogen) atoms. The first-order valence-electron chi connectivity index (χ1n) is 21.9. The summed E-state index contributed by atoms with van der Waals surface area (Å²) in [5, 5.41) is 19.1. The Hall–Kier alpha value is -7.56. The van der Waals surface area contributed by atoms with Crippen LogP contribution in [0.5, 0.6) is 0 Å². The number of hydrogen-bond donors (Lipinski definition) is 0. The lowest BCUT2D eigenvalue weighted by atomic mass is 9.47. The van der Waals surface area contributed by atoms with Crippen LogP contribution in [-0.2, 0) is 5.41 Å². The molecule has 0 amide bonds. The maximum absolute atomic E-state index is 7.30. The van der Waals surface area contributed by atoms with Gasteiger partial charge in [0.15, 0.2) is 0 Å². The summed E-state index contributed by atoms with van der Waals surface area (Å²) in [6.45, 7) is 6.76. The minimum absolute atomic E-state index is 0.0208. The van der Waals surface area contributed by atoms with Gasteiger partial charge in [-0.2, -0.15) is 0 Å². The molecule has 0 unspecified atom stereocenters. The monoisotopic (exact) mass is 788 g/mol. The molecule has 3 nitrogen and oxygen atoms in total. The molecule has 4 heterocycles. The normalized spacial score (nSPS) is 13.7. The molecule has 15 rings (SSSR count). The highest BCUT2D eigenvalue weighted by atomic mass is 16.3. The molecule has 0 bridgehead atoms. The SMILES string of the molecule is CC(C)(C)c1cc2ccc3c4c5c(c6ccc(c1)c2c36)N(c1ccc2c3ccccc3c3ccccc3c2c1)c1c(oc2ccccc12)B5n1c2ccccc2c2cccc-4c21. The van der Waals surface area contributed by atoms with Crippen molar-refractivity contribution < 1.29 is 4.42 Å². The molecule has 0 radical (unpaired) electrons. The summed E-state index contributed by atoms with van der Waals surface area (Å²) in [7, 11) is 0. The van der Waals surface area contributed by atoms with Crippen molar-refractivity contribution in [3.05, 3.63) is 175 Å². The molecule has 11 aromatic carbocycles. The van der Waals surface area contributed by atoms with Gasteiger partial charge in [-0.1, -0.05) is 160 Å². The average molecular weight is 789 g/mol. The maximum atomic E-state index is 7.30. The van der Waals surface area contributed by atoms with Crippen LogP contribution in [0.15, 0.2) is 174 Å². The standard InChI is InChI=1S/C58H37BN2O/c1-58(2,3)34-29-32-23-26-44-51-46(27-24-33(30-34)50(32)51)55-53-52(44)45-20-12-19-42-41-17-8-10-21-48(41)61(54(42)45)59(53)57-56(43-18-9-11-22-49(43)62-57)60(55)35-25-28-40-38-15-5-4-13-36(38)37-14-6-7-16-39(37)47(40)31-35/h4-31H,1-3H3. The van der Waals surface area contributed by atoms with Crippen LogP contribution in [0.3, 0.4) is 0 Å². The fraction of sp³-hybridized carbons (Fsp3) is 0.0690. The molecule has 2 aromatic heterocycles. The van der Waals surface area contributed by atoms with E-state index in [0.717, 1.165) is 28.0 Å². The lowest BCUT2D eigenvalue weighted by Crippen LogP contribution is -2.56. The van der Waals surface area contributed by atoms with Crippen molar-refractivity contribution in [2.75, 3.05) is 4.90 Å². The Bertz CT molecular complexity index is 4110. The van der Waals surface area contributed by atoms with Gasteiger partial charge in [0.2, 0.25) is 0 Å². The number of aromatic nitrogens is 1. The molecule has 0 saturated heterocycles. The predicted molar refractivity (Wildman–Crippen MR) is 265 cm³/mol. The number of anilines is 3. The molecular formula is C58H37BN2O. The molecule has 0 aliphatic carbocycles. The molecule has 2 aliphatic heterocycles. The summed E-state index contributed by atoms with van der Waals surface area (Å²) in [6.07, 6.45) is 0. The molecule has 2 aliphatic rings. The number of nitrogens with zero attached hydrogens (tertiary/aromatic N) is 2. The van der Waals surface area contributed by atoms with E-state index in [1.807, 2.05) is 0 Å². The van der Waals surface area contributed by atoms with E-state index in [1.54, 1.807) is 0 Å². The van der Waals surface area contributed by atoms with Crippen molar-refractivity contribution in [2.24, 2.45) is 0 Å². The van der Waals surface area contributed by atoms with Gasteiger partial charge >= 0.3 is 6.85 Å². The zero-order valence-electron chi connectivity index (χ0n) is 34.5. The van der Waals surface area contributed by atoms with Crippen LogP contribution in [0.2, 0.25) is 0 Å². The van der Waals surface area contributed by atoms with Crippen molar-refractivity contribution in [1.82, 2.24) is 4.48 Å². The van der Waals surface area contributed by atoms with Crippen LogP contribution < -0.4 is 16.0 Å². The Morgan fingerprint density at radius 3 is 1.79 bits per heavy atom. The summed E-state index contributed by atoms with van der Waals surface area (Å²) >= 11 is 0. The Kier molecular flexibility index (Phi) is 6.01. The fourth-order valence-corrected chi connectivity index (χ4v) is 12.0. The Morgan fingerprint density at radius 2 is 1.06 bits per heavy atom. The Labute approximate surface area is 357 Å². The highest BCUT2D eigenvalue weighted by molar-refractivity contribution is 6.90. The van der Waals surface area contributed by atoms with Crippen LogP contribution in [0, 0.1) is 0 Å². The lowest BCUT2D eigenvalue weighted by Gasteiger charge is -2.40. The minimum atomic E-state index is -0.199. The third-order valence-electron chi connectivity index (χ3n) is 14.6. The van der Waals surface area contributed by atoms with Gasteiger partial charge in [-0.15, -0.1) is 0 Å². The number of para-hydroxylation sites is 3. The molecule has 13 aromatic rings. The van der Waals surface area contributed by atoms with Gasteiger partial charge in [0.1, 0.15) is 11.2 Å². The van der Waals surface area contributed by atoms with Crippen molar-refractivity contribution in [2.45, 2.75) is 26.2 Å². The van der Waals surface area contributed by atoms with Crippen LogP contribution >= 0.6 is 0 Å². The van der Waals surface area contributed by atoms with Crippen LogP contribution in [-0.4, -0.2) is 11.3 Å². The van der Waals surface area contributed by atoms with Gasteiger partial charge in [-0.25, -0.2) is 0 Å². The van der Waals surface area contributed by atoms with Gasteiger partial charge in [-0.3, -0.25) is 0 Å². The molecule has 4 heteroatoms. The molecule has 0 fully saturated rings. The molecule has 0 spiro atoms.